The third-order valence-corrected chi connectivity index (χ3v) is 7.36. The van der Waals surface area contributed by atoms with Crippen LogP contribution >= 0.6 is 11.6 Å². The number of halogens is 2. The van der Waals surface area contributed by atoms with Crippen molar-refractivity contribution in [1.82, 2.24) is 24.3 Å². The van der Waals surface area contributed by atoms with Gasteiger partial charge in [-0.05, 0) is 56.9 Å². The number of benzene rings is 1. The first-order valence-electron chi connectivity index (χ1n) is 11.9. The lowest BCUT2D eigenvalue weighted by atomic mass is 9.88. The number of hydrogen-bond donors (Lipinski definition) is 0. The van der Waals surface area contributed by atoms with E-state index < -0.39 is 5.82 Å². The highest BCUT2D eigenvalue weighted by Crippen LogP contribution is 2.40. The molecule has 9 heteroatoms. The summed E-state index contributed by atoms with van der Waals surface area (Å²) < 4.78 is 24.6. The van der Waals surface area contributed by atoms with Gasteiger partial charge in [0.15, 0.2) is 5.65 Å². The maximum atomic E-state index is 15.0. The van der Waals surface area contributed by atoms with Crippen molar-refractivity contribution in [2.75, 3.05) is 6.61 Å². The van der Waals surface area contributed by atoms with Crippen LogP contribution in [0.5, 0.6) is 0 Å². The molecule has 35 heavy (non-hydrogen) atoms. The van der Waals surface area contributed by atoms with Crippen LogP contribution in [0.1, 0.15) is 60.8 Å². The van der Waals surface area contributed by atoms with Gasteiger partial charge in [0.2, 0.25) is 0 Å². The predicted molar refractivity (Wildman–Crippen MR) is 131 cm³/mol. The third kappa shape index (κ3) is 4.04. The smallest absolute Gasteiger partial charge is 0.263 e. The first-order chi connectivity index (χ1) is 16.9. The van der Waals surface area contributed by atoms with E-state index in [1.54, 1.807) is 26.1 Å². The van der Waals surface area contributed by atoms with Gasteiger partial charge in [-0.25, -0.2) is 14.4 Å². The molecule has 2 aliphatic rings. The van der Waals surface area contributed by atoms with Crippen molar-refractivity contribution in [3.63, 3.8) is 0 Å². The zero-order valence-electron chi connectivity index (χ0n) is 19.5. The topological polar surface area (TPSA) is 74.8 Å². The minimum atomic E-state index is -0.490. The number of nitrogens with zero attached hydrogens (tertiary/aromatic N) is 5. The average Bonchev–Trinajstić information content (AvgIpc) is 3.58. The molecular weight excluding hydrogens is 469 g/mol. The van der Waals surface area contributed by atoms with E-state index in [1.165, 1.54) is 23.5 Å². The van der Waals surface area contributed by atoms with Crippen LogP contribution in [0.2, 0.25) is 5.02 Å². The van der Waals surface area contributed by atoms with E-state index in [1.807, 2.05) is 16.9 Å². The highest BCUT2D eigenvalue weighted by molar-refractivity contribution is 6.30. The zero-order valence-corrected chi connectivity index (χ0v) is 20.3. The van der Waals surface area contributed by atoms with Crippen molar-refractivity contribution in [3.8, 4) is 11.1 Å². The Morgan fingerprint density at radius 1 is 1.14 bits per heavy atom. The normalized spacial score (nSPS) is 20.5. The van der Waals surface area contributed by atoms with Gasteiger partial charge in [-0.15, -0.1) is 0 Å². The maximum Gasteiger partial charge on any atom is 0.263 e. The molecular formula is C26H25ClFN5O2. The molecule has 3 aromatic heterocycles. The van der Waals surface area contributed by atoms with Crippen LogP contribution in [0.4, 0.5) is 4.39 Å². The molecule has 0 N–H and O–H groups in total. The predicted octanol–water partition coefficient (Wildman–Crippen LogP) is 5.26. The lowest BCUT2D eigenvalue weighted by Gasteiger charge is -2.29. The number of rotatable bonds is 4. The standard InChI is InChI=1S/C26H25ClFN5O2/c1-14-30-25-24(26(34)32(14)2)20(19-6-3-17(27)10-21(19)28)11-22(31-25)15-7-8-35-23(9-15)16-12-29-33(13-16)18-4-5-18/h3,6,10-13,15,18,23H,4-5,7-9H2,1-2H3/t15-,23-/m0/s1. The summed E-state index contributed by atoms with van der Waals surface area (Å²) in [6, 6.07) is 6.85. The molecule has 1 aromatic carbocycles. The SMILES string of the molecule is Cc1nc2nc([C@H]3CCO[C@H](c4cnn(C5CC5)c4)C3)cc(-c3ccc(Cl)cc3F)c2c(=O)n1C. The molecule has 6 rings (SSSR count). The quantitative estimate of drug-likeness (QED) is 0.387. The first-order valence-corrected chi connectivity index (χ1v) is 12.3. The molecule has 0 bridgehead atoms. The second-order valence-corrected chi connectivity index (χ2v) is 9.94. The average molecular weight is 494 g/mol. The van der Waals surface area contributed by atoms with Gasteiger partial charge in [0.1, 0.15) is 11.6 Å². The summed E-state index contributed by atoms with van der Waals surface area (Å²) in [4.78, 5) is 22.6. The second-order valence-electron chi connectivity index (χ2n) is 9.51. The van der Waals surface area contributed by atoms with E-state index in [4.69, 9.17) is 21.3 Å². The fraction of sp³-hybridized carbons (Fsp3) is 0.385. The number of fused-ring (bicyclic) bond motifs is 1. The van der Waals surface area contributed by atoms with Gasteiger partial charge in [-0.2, -0.15) is 5.10 Å². The molecule has 2 atom stereocenters. The van der Waals surface area contributed by atoms with E-state index >= 15 is 4.39 Å². The van der Waals surface area contributed by atoms with Crippen molar-refractivity contribution in [2.45, 2.75) is 50.7 Å². The Bertz CT molecular complexity index is 1510. The van der Waals surface area contributed by atoms with E-state index in [0.29, 0.717) is 45.7 Å². The van der Waals surface area contributed by atoms with Crippen LogP contribution in [0, 0.1) is 12.7 Å². The summed E-state index contributed by atoms with van der Waals surface area (Å²) >= 11 is 6.00. The van der Waals surface area contributed by atoms with Gasteiger partial charge in [-0.3, -0.25) is 14.0 Å². The van der Waals surface area contributed by atoms with Crippen LogP contribution < -0.4 is 5.56 Å². The van der Waals surface area contributed by atoms with Crippen LogP contribution in [0.3, 0.4) is 0 Å². The molecule has 2 fully saturated rings. The maximum absolute atomic E-state index is 15.0. The Kier molecular flexibility index (Phi) is 5.45. The van der Waals surface area contributed by atoms with Crippen LogP contribution in [0.15, 0.2) is 41.5 Å². The van der Waals surface area contributed by atoms with Crippen molar-refractivity contribution >= 4 is 22.6 Å². The lowest BCUT2D eigenvalue weighted by Crippen LogP contribution is -2.23. The van der Waals surface area contributed by atoms with E-state index in [0.717, 1.165) is 24.1 Å². The molecule has 4 aromatic rings. The first kappa shape index (κ1) is 22.4. The Hall–Kier alpha value is -3.10. The number of hydrogen-bond acceptors (Lipinski definition) is 5. The summed E-state index contributed by atoms with van der Waals surface area (Å²) in [5.74, 6) is 0.130. The largest absolute Gasteiger partial charge is 0.373 e. The van der Waals surface area contributed by atoms with Crippen LogP contribution in [-0.2, 0) is 11.8 Å². The van der Waals surface area contributed by atoms with E-state index in [-0.39, 0.29) is 17.6 Å². The van der Waals surface area contributed by atoms with Crippen LogP contribution in [-0.4, -0.2) is 30.9 Å². The van der Waals surface area contributed by atoms with E-state index in [9.17, 15) is 4.79 Å². The molecule has 7 nitrogen and oxygen atoms in total. The second kappa shape index (κ2) is 8.53. The Morgan fingerprint density at radius 3 is 2.74 bits per heavy atom. The molecule has 180 valence electrons. The van der Waals surface area contributed by atoms with Gasteiger partial charge < -0.3 is 4.74 Å². The highest BCUT2D eigenvalue weighted by Gasteiger charge is 2.30. The molecule has 4 heterocycles. The number of aryl methyl sites for hydroxylation is 1. The van der Waals surface area contributed by atoms with Gasteiger partial charge in [0.25, 0.3) is 5.56 Å². The van der Waals surface area contributed by atoms with Crippen molar-refractivity contribution in [2.24, 2.45) is 7.05 Å². The highest BCUT2D eigenvalue weighted by atomic mass is 35.5. The summed E-state index contributed by atoms with van der Waals surface area (Å²) in [5.41, 5.74) is 2.71. The molecule has 0 radical (unpaired) electrons. The minimum Gasteiger partial charge on any atom is -0.373 e. The summed E-state index contributed by atoms with van der Waals surface area (Å²) in [6.45, 7) is 2.34. The number of aromatic nitrogens is 5. The third-order valence-electron chi connectivity index (χ3n) is 7.13. The molecule has 0 spiro atoms. The monoisotopic (exact) mass is 493 g/mol. The fourth-order valence-corrected chi connectivity index (χ4v) is 5.03. The molecule has 0 unspecified atom stereocenters. The van der Waals surface area contributed by atoms with Gasteiger partial charge in [0, 0.05) is 53.2 Å². The van der Waals surface area contributed by atoms with Crippen LogP contribution in [0.25, 0.3) is 22.2 Å². The van der Waals surface area contributed by atoms with Crippen molar-refractivity contribution < 1.29 is 9.13 Å². The Morgan fingerprint density at radius 2 is 1.97 bits per heavy atom. The molecule has 0 amide bonds. The summed E-state index contributed by atoms with van der Waals surface area (Å²) in [7, 11) is 1.66. The summed E-state index contributed by atoms with van der Waals surface area (Å²) in [6.07, 6.45) is 7.73. The van der Waals surface area contributed by atoms with Gasteiger partial charge in [0.05, 0.1) is 23.7 Å². The molecule has 1 saturated heterocycles. The molecule has 1 aliphatic carbocycles. The van der Waals surface area contributed by atoms with Gasteiger partial charge >= 0.3 is 0 Å². The van der Waals surface area contributed by atoms with Crippen molar-refractivity contribution in [1.29, 1.82) is 0 Å². The minimum absolute atomic E-state index is 0.0719. The number of ether oxygens (including phenoxy) is 1. The lowest BCUT2D eigenvalue weighted by molar-refractivity contribution is 0.00463. The van der Waals surface area contributed by atoms with Crippen molar-refractivity contribution in [3.05, 3.63) is 74.9 Å². The Labute approximate surface area is 206 Å². The Balaban J connectivity index is 1.45. The molecule has 1 aliphatic heterocycles. The zero-order chi connectivity index (χ0) is 24.3. The number of pyridine rings is 1. The molecule has 1 saturated carbocycles. The van der Waals surface area contributed by atoms with E-state index in [2.05, 4.69) is 16.3 Å². The summed E-state index contributed by atoms with van der Waals surface area (Å²) in [5, 5.41) is 5.11. The van der Waals surface area contributed by atoms with Gasteiger partial charge in [-0.1, -0.05) is 11.6 Å². The fourth-order valence-electron chi connectivity index (χ4n) is 4.87.